The normalized spacial score (nSPS) is 15.2. The minimum Gasteiger partial charge on any atom is -0.352 e. The molecule has 6 heteroatoms. The van der Waals surface area contributed by atoms with E-state index in [-0.39, 0.29) is 17.9 Å². The lowest BCUT2D eigenvalue weighted by atomic mass is 9.95. The van der Waals surface area contributed by atoms with Crippen LogP contribution in [0.25, 0.3) is 0 Å². The molecule has 3 rings (SSSR count). The number of hydrogen-bond donors (Lipinski definition) is 1. The highest BCUT2D eigenvalue weighted by Crippen LogP contribution is 2.20. The van der Waals surface area contributed by atoms with Crippen LogP contribution < -0.4 is 5.32 Å². The molecule has 1 atom stereocenters. The van der Waals surface area contributed by atoms with Crippen molar-refractivity contribution in [1.82, 2.24) is 10.2 Å². The van der Waals surface area contributed by atoms with Crippen LogP contribution >= 0.6 is 23.4 Å². The molecule has 0 spiro atoms. The summed E-state index contributed by atoms with van der Waals surface area (Å²) in [4.78, 5) is 27.9. The zero-order chi connectivity index (χ0) is 22.8. The molecule has 2 amide bonds. The monoisotopic (exact) mass is 472 g/mol. The molecule has 2 aromatic rings. The fraction of sp³-hybridized carbons (Fsp3) is 0.462. The molecule has 0 saturated heterocycles. The molecule has 172 valence electrons. The van der Waals surface area contributed by atoms with Gasteiger partial charge in [-0.05, 0) is 43.0 Å². The third-order valence-corrected chi connectivity index (χ3v) is 7.20. The molecular formula is C26H33ClN2O2S. The Hall–Kier alpha value is -1.98. The summed E-state index contributed by atoms with van der Waals surface area (Å²) in [6.45, 7) is 2.21. The molecule has 0 heterocycles. The predicted molar refractivity (Wildman–Crippen MR) is 134 cm³/mol. The van der Waals surface area contributed by atoms with E-state index in [0.29, 0.717) is 18.0 Å². The second kappa shape index (κ2) is 12.9. The first-order chi connectivity index (χ1) is 15.5. The van der Waals surface area contributed by atoms with Crippen molar-refractivity contribution in [3.8, 4) is 0 Å². The number of carbonyl (C=O) groups is 2. The Morgan fingerprint density at radius 3 is 2.50 bits per heavy atom. The van der Waals surface area contributed by atoms with Gasteiger partial charge in [-0.3, -0.25) is 9.59 Å². The van der Waals surface area contributed by atoms with Crippen LogP contribution in [0.15, 0.2) is 54.6 Å². The van der Waals surface area contributed by atoms with Gasteiger partial charge in [0.15, 0.2) is 0 Å². The van der Waals surface area contributed by atoms with Gasteiger partial charge in [-0.1, -0.05) is 73.3 Å². The number of benzene rings is 2. The van der Waals surface area contributed by atoms with E-state index in [4.69, 9.17) is 11.6 Å². The van der Waals surface area contributed by atoms with Gasteiger partial charge >= 0.3 is 0 Å². The van der Waals surface area contributed by atoms with E-state index in [1.165, 1.54) is 12.0 Å². The first kappa shape index (κ1) is 24.7. The predicted octanol–water partition coefficient (Wildman–Crippen LogP) is 5.83. The Labute approximate surface area is 201 Å². The molecule has 1 aliphatic carbocycles. The molecule has 0 bridgehead atoms. The van der Waals surface area contributed by atoms with E-state index in [0.717, 1.165) is 42.8 Å². The van der Waals surface area contributed by atoms with Gasteiger partial charge < -0.3 is 10.2 Å². The fourth-order valence-corrected chi connectivity index (χ4v) is 5.16. The lowest BCUT2D eigenvalue weighted by Gasteiger charge is -2.31. The minimum absolute atomic E-state index is 0.00293. The van der Waals surface area contributed by atoms with Crippen molar-refractivity contribution in [3.05, 3.63) is 70.7 Å². The highest BCUT2D eigenvalue weighted by atomic mass is 35.5. The number of thioether (sulfide) groups is 1. The van der Waals surface area contributed by atoms with E-state index in [1.54, 1.807) is 16.7 Å². The van der Waals surface area contributed by atoms with Gasteiger partial charge in [0.25, 0.3) is 0 Å². The first-order valence-electron chi connectivity index (χ1n) is 11.5. The van der Waals surface area contributed by atoms with Crippen LogP contribution in [0, 0.1) is 0 Å². The van der Waals surface area contributed by atoms with Crippen molar-refractivity contribution >= 4 is 35.2 Å². The highest BCUT2D eigenvalue weighted by Gasteiger charge is 2.27. The number of rotatable bonds is 10. The zero-order valence-corrected chi connectivity index (χ0v) is 20.3. The Balaban J connectivity index is 1.60. The van der Waals surface area contributed by atoms with E-state index >= 15 is 0 Å². The maximum Gasteiger partial charge on any atom is 0.242 e. The van der Waals surface area contributed by atoms with Crippen molar-refractivity contribution in [3.63, 3.8) is 0 Å². The Morgan fingerprint density at radius 2 is 1.78 bits per heavy atom. The minimum atomic E-state index is -0.525. The number of nitrogens with one attached hydrogen (secondary N) is 1. The number of hydrogen-bond acceptors (Lipinski definition) is 3. The van der Waals surface area contributed by atoms with Crippen LogP contribution in [0.4, 0.5) is 0 Å². The number of amides is 2. The van der Waals surface area contributed by atoms with Gasteiger partial charge in [0.1, 0.15) is 6.04 Å². The molecule has 1 aliphatic rings. The van der Waals surface area contributed by atoms with Crippen molar-refractivity contribution in [2.45, 2.75) is 69.8 Å². The van der Waals surface area contributed by atoms with E-state index < -0.39 is 6.04 Å². The lowest BCUT2D eigenvalue weighted by molar-refractivity contribution is -0.140. The summed E-state index contributed by atoms with van der Waals surface area (Å²) >= 11 is 7.89. The Kier molecular flexibility index (Phi) is 9.94. The molecule has 4 nitrogen and oxygen atoms in total. The smallest absolute Gasteiger partial charge is 0.242 e. The lowest BCUT2D eigenvalue weighted by Crippen LogP contribution is -2.50. The summed E-state index contributed by atoms with van der Waals surface area (Å²) in [7, 11) is 0. The van der Waals surface area contributed by atoms with E-state index in [1.807, 2.05) is 49.4 Å². The van der Waals surface area contributed by atoms with Crippen LogP contribution in [-0.4, -0.2) is 34.6 Å². The van der Waals surface area contributed by atoms with E-state index in [9.17, 15) is 9.59 Å². The maximum absolute atomic E-state index is 13.2. The summed E-state index contributed by atoms with van der Waals surface area (Å²) in [6, 6.07) is 17.5. The van der Waals surface area contributed by atoms with Crippen molar-refractivity contribution in [2.24, 2.45) is 0 Å². The largest absolute Gasteiger partial charge is 0.352 e. The van der Waals surface area contributed by atoms with Crippen LogP contribution in [-0.2, 0) is 21.9 Å². The molecule has 32 heavy (non-hydrogen) atoms. The summed E-state index contributed by atoms with van der Waals surface area (Å²) in [5.41, 5.74) is 2.18. The van der Waals surface area contributed by atoms with Crippen molar-refractivity contribution in [2.75, 3.05) is 5.75 Å². The van der Waals surface area contributed by atoms with Crippen molar-refractivity contribution < 1.29 is 9.59 Å². The van der Waals surface area contributed by atoms with Gasteiger partial charge in [-0.2, -0.15) is 11.8 Å². The summed E-state index contributed by atoms with van der Waals surface area (Å²) in [5, 5.41) is 3.81. The SMILES string of the molecule is C[C@H](C(=O)NC1CCCCC1)N(Cc1cccc(Cl)c1)C(=O)CCSCc1ccccc1. The van der Waals surface area contributed by atoms with Crippen molar-refractivity contribution in [1.29, 1.82) is 0 Å². The summed E-state index contributed by atoms with van der Waals surface area (Å²) in [6.07, 6.45) is 6.00. The summed E-state index contributed by atoms with van der Waals surface area (Å²) in [5.74, 6) is 1.53. The number of nitrogens with zero attached hydrogens (tertiary/aromatic N) is 1. The van der Waals surface area contributed by atoms with E-state index in [2.05, 4.69) is 17.4 Å². The third kappa shape index (κ3) is 7.86. The van der Waals surface area contributed by atoms with Gasteiger partial charge in [0.05, 0.1) is 0 Å². The molecule has 1 N–H and O–H groups in total. The van der Waals surface area contributed by atoms with Crippen LogP contribution in [0.2, 0.25) is 5.02 Å². The second-order valence-electron chi connectivity index (χ2n) is 8.46. The number of carbonyl (C=O) groups excluding carboxylic acids is 2. The van der Waals surface area contributed by atoms with Gasteiger partial charge in [-0.15, -0.1) is 0 Å². The maximum atomic E-state index is 13.2. The highest BCUT2D eigenvalue weighted by molar-refractivity contribution is 7.98. The standard InChI is InChI=1S/C26H33ClN2O2S/c1-20(26(31)28-24-13-6-3-7-14-24)29(18-22-11-8-12-23(27)17-22)25(30)15-16-32-19-21-9-4-2-5-10-21/h2,4-5,8-12,17,20,24H,3,6-7,13-16,18-19H2,1H3,(H,28,31)/t20-/m1/s1. The molecule has 0 unspecified atom stereocenters. The zero-order valence-electron chi connectivity index (χ0n) is 18.8. The summed E-state index contributed by atoms with van der Waals surface area (Å²) < 4.78 is 0. The third-order valence-electron chi connectivity index (χ3n) is 5.93. The number of halogens is 1. The molecule has 0 aromatic heterocycles. The topological polar surface area (TPSA) is 49.4 Å². The molecule has 1 fully saturated rings. The first-order valence-corrected chi connectivity index (χ1v) is 13.0. The quantitative estimate of drug-likeness (QED) is 0.442. The van der Waals surface area contributed by atoms with Gasteiger partial charge in [0.2, 0.25) is 11.8 Å². The Bertz CT molecular complexity index is 871. The molecular weight excluding hydrogens is 440 g/mol. The second-order valence-corrected chi connectivity index (χ2v) is 10.0. The average Bonchev–Trinajstić information content (AvgIpc) is 2.81. The van der Waals surface area contributed by atoms with Crippen LogP contribution in [0.5, 0.6) is 0 Å². The molecule has 1 saturated carbocycles. The Morgan fingerprint density at radius 1 is 1.06 bits per heavy atom. The van der Waals surface area contributed by atoms with Gasteiger partial charge in [-0.25, -0.2) is 0 Å². The fourth-order valence-electron chi connectivity index (χ4n) is 4.05. The molecule has 0 aliphatic heterocycles. The van der Waals surface area contributed by atoms with Crippen LogP contribution in [0.1, 0.15) is 56.6 Å². The van der Waals surface area contributed by atoms with Gasteiger partial charge in [0, 0.05) is 35.5 Å². The molecule has 0 radical (unpaired) electrons. The molecule has 2 aromatic carbocycles. The van der Waals surface area contributed by atoms with Crippen LogP contribution in [0.3, 0.4) is 0 Å². The average molecular weight is 473 g/mol.